The van der Waals surface area contributed by atoms with E-state index in [1.165, 1.54) is 11.8 Å². The van der Waals surface area contributed by atoms with Crippen LogP contribution >= 0.6 is 11.8 Å². The van der Waals surface area contributed by atoms with E-state index in [-0.39, 0.29) is 24.6 Å². The van der Waals surface area contributed by atoms with Gasteiger partial charge in [-0.3, -0.25) is 9.36 Å². The zero-order valence-electron chi connectivity index (χ0n) is 18.7. The summed E-state index contributed by atoms with van der Waals surface area (Å²) >= 11 is 1.27. The number of benzene rings is 2. The van der Waals surface area contributed by atoms with Gasteiger partial charge in [0, 0.05) is 24.0 Å². The first-order valence-corrected chi connectivity index (χ1v) is 12.0. The molecule has 0 fully saturated rings. The molecule has 2 aromatic heterocycles. The molecule has 0 radical (unpaired) electrons. The Kier molecular flexibility index (Phi) is 6.68. The summed E-state index contributed by atoms with van der Waals surface area (Å²) in [4.78, 5) is 14.9. The van der Waals surface area contributed by atoms with Crippen molar-refractivity contribution in [2.75, 3.05) is 30.4 Å². The predicted octanol–water partition coefficient (Wildman–Crippen LogP) is 4.34. The van der Waals surface area contributed by atoms with Crippen LogP contribution in [0.15, 0.2) is 76.5 Å². The largest absolute Gasteiger partial charge is 0.486 e. The minimum Gasteiger partial charge on any atom is -0.486 e. The molecule has 1 aliphatic rings. The molecule has 0 saturated carbocycles. The molecule has 5 rings (SSSR count). The van der Waals surface area contributed by atoms with Gasteiger partial charge in [-0.25, -0.2) is 0 Å². The van der Waals surface area contributed by atoms with Crippen LogP contribution in [-0.2, 0) is 4.79 Å². The van der Waals surface area contributed by atoms with Gasteiger partial charge in [0.25, 0.3) is 0 Å². The molecule has 4 aromatic rings. The fraction of sp³-hybridized carbons (Fsp3) is 0.200. The van der Waals surface area contributed by atoms with Crippen molar-refractivity contribution in [1.29, 1.82) is 5.26 Å². The number of thioether (sulfide) groups is 1. The van der Waals surface area contributed by atoms with Crippen LogP contribution < -0.4 is 14.4 Å². The van der Waals surface area contributed by atoms with E-state index in [2.05, 4.69) is 16.3 Å². The molecule has 9 nitrogen and oxygen atoms in total. The summed E-state index contributed by atoms with van der Waals surface area (Å²) < 4.78 is 18.7. The number of fused-ring (bicyclic) bond motifs is 1. The first-order valence-electron chi connectivity index (χ1n) is 11.0. The molecule has 1 amide bonds. The zero-order valence-corrected chi connectivity index (χ0v) is 19.5. The van der Waals surface area contributed by atoms with Crippen molar-refractivity contribution in [1.82, 2.24) is 14.8 Å². The molecule has 0 N–H and O–H groups in total. The molecule has 1 aliphatic heterocycles. The Balaban J connectivity index is 1.40. The fourth-order valence-corrected chi connectivity index (χ4v) is 4.53. The van der Waals surface area contributed by atoms with Crippen LogP contribution in [0.25, 0.3) is 17.3 Å². The normalized spacial score (nSPS) is 12.2. The first-order chi connectivity index (χ1) is 17.2. The molecular weight excluding hydrogens is 466 g/mol. The monoisotopic (exact) mass is 487 g/mol. The van der Waals surface area contributed by atoms with Gasteiger partial charge in [0.2, 0.25) is 11.7 Å². The van der Waals surface area contributed by atoms with E-state index in [9.17, 15) is 4.79 Å². The average molecular weight is 488 g/mol. The highest BCUT2D eigenvalue weighted by atomic mass is 32.2. The van der Waals surface area contributed by atoms with E-state index < -0.39 is 0 Å². The van der Waals surface area contributed by atoms with E-state index in [1.54, 1.807) is 35.4 Å². The van der Waals surface area contributed by atoms with E-state index in [4.69, 9.17) is 19.2 Å². The molecule has 0 saturated heterocycles. The Morgan fingerprint density at radius 2 is 1.89 bits per heavy atom. The van der Waals surface area contributed by atoms with E-state index in [0.717, 1.165) is 5.69 Å². The van der Waals surface area contributed by atoms with Crippen LogP contribution in [-0.4, -0.2) is 46.2 Å². The zero-order chi connectivity index (χ0) is 24.0. The van der Waals surface area contributed by atoms with Crippen LogP contribution in [0.1, 0.15) is 6.42 Å². The lowest BCUT2D eigenvalue weighted by Crippen LogP contribution is -2.33. The van der Waals surface area contributed by atoms with Crippen LogP contribution in [0.5, 0.6) is 11.5 Å². The Morgan fingerprint density at radius 3 is 2.66 bits per heavy atom. The van der Waals surface area contributed by atoms with Crippen LogP contribution in [0.2, 0.25) is 0 Å². The fourth-order valence-electron chi connectivity index (χ4n) is 3.70. The van der Waals surface area contributed by atoms with Gasteiger partial charge in [-0.1, -0.05) is 30.0 Å². The Hall–Kier alpha value is -4.23. The summed E-state index contributed by atoms with van der Waals surface area (Å²) in [6.45, 7) is 1.20. The van der Waals surface area contributed by atoms with Crippen molar-refractivity contribution < 1.29 is 18.7 Å². The quantitative estimate of drug-likeness (QED) is 0.338. The molecule has 0 unspecified atom stereocenters. The predicted molar refractivity (Wildman–Crippen MR) is 130 cm³/mol. The lowest BCUT2D eigenvalue weighted by molar-refractivity contribution is -0.116. The van der Waals surface area contributed by atoms with E-state index >= 15 is 0 Å². The summed E-state index contributed by atoms with van der Waals surface area (Å²) in [5.74, 6) is 2.29. The number of carbonyl (C=O) groups is 1. The maximum absolute atomic E-state index is 13.3. The molecule has 0 spiro atoms. The van der Waals surface area contributed by atoms with Gasteiger partial charge >= 0.3 is 0 Å². The number of ether oxygens (including phenoxy) is 2. The summed E-state index contributed by atoms with van der Waals surface area (Å²) in [5.41, 5.74) is 1.50. The van der Waals surface area contributed by atoms with Crippen molar-refractivity contribution in [2.45, 2.75) is 11.6 Å². The van der Waals surface area contributed by atoms with Crippen molar-refractivity contribution >= 4 is 23.4 Å². The average Bonchev–Trinajstić information content (AvgIpc) is 3.58. The number of furan rings is 1. The van der Waals surface area contributed by atoms with Crippen molar-refractivity contribution in [3.63, 3.8) is 0 Å². The number of hydrogen-bond donors (Lipinski definition) is 0. The Morgan fingerprint density at radius 1 is 1.06 bits per heavy atom. The maximum Gasteiger partial charge on any atom is 0.237 e. The lowest BCUT2D eigenvalue weighted by Gasteiger charge is -2.24. The summed E-state index contributed by atoms with van der Waals surface area (Å²) in [6.07, 6.45) is 1.78. The number of para-hydroxylation sites is 1. The molecular formula is C25H21N5O4S. The number of amides is 1. The van der Waals surface area contributed by atoms with Crippen molar-refractivity contribution in [3.05, 3.63) is 66.9 Å². The Labute approximate surface area is 205 Å². The summed E-state index contributed by atoms with van der Waals surface area (Å²) in [5, 5.41) is 18.3. The lowest BCUT2D eigenvalue weighted by atomic mass is 10.2. The maximum atomic E-state index is 13.3. The second-order valence-corrected chi connectivity index (χ2v) is 8.47. The molecule has 0 atom stereocenters. The number of anilines is 1. The second kappa shape index (κ2) is 10.4. The van der Waals surface area contributed by atoms with Crippen LogP contribution in [0.3, 0.4) is 0 Å². The van der Waals surface area contributed by atoms with Gasteiger partial charge in [0.05, 0.1) is 24.5 Å². The third kappa shape index (κ3) is 4.85. The van der Waals surface area contributed by atoms with Crippen molar-refractivity contribution in [3.8, 4) is 34.8 Å². The highest BCUT2D eigenvalue weighted by Crippen LogP contribution is 2.35. The number of carbonyl (C=O) groups excluding carboxylic acids is 1. The minimum atomic E-state index is -0.163. The molecule has 0 bridgehead atoms. The molecule has 10 heteroatoms. The van der Waals surface area contributed by atoms with E-state index in [0.29, 0.717) is 47.1 Å². The molecule has 35 heavy (non-hydrogen) atoms. The van der Waals surface area contributed by atoms with Gasteiger partial charge in [0.15, 0.2) is 22.4 Å². The highest BCUT2D eigenvalue weighted by molar-refractivity contribution is 7.99. The van der Waals surface area contributed by atoms with Gasteiger partial charge in [0.1, 0.15) is 13.2 Å². The minimum absolute atomic E-state index is 0.100. The number of rotatable bonds is 8. The number of hydrogen-bond acceptors (Lipinski definition) is 8. The molecule has 2 aromatic carbocycles. The third-order valence-electron chi connectivity index (χ3n) is 5.30. The Bertz CT molecular complexity index is 1350. The van der Waals surface area contributed by atoms with Gasteiger partial charge in [-0.2, -0.15) is 5.26 Å². The number of nitriles is 1. The van der Waals surface area contributed by atoms with Gasteiger partial charge < -0.3 is 18.8 Å². The number of aromatic nitrogens is 3. The second-order valence-electron chi connectivity index (χ2n) is 7.52. The number of nitrogens with zero attached hydrogens (tertiary/aromatic N) is 5. The summed E-state index contributed by atoms with van der Waals surface area (Å²) in [7, 11) is 0. The van der Waals surface area contributed by atoms with Crippen LogP contribution in [0.4, 0.5) is 5.69 Å². The highest BCUT2D eigenvalue weighted by Gasteiger charge is 2.23. The topological polar surface area (TPSA) is 106 Å². The smallest absolute Gasteiger partial charge is 0.237 e. The van der Waals surface area contributed by atoms with Crippen molar-refractivity contribution in [2.24, 2.45) is 0 Å². The molecule has 3 heterocycles. The van der Waals surface area contributed by atoms with Gasteiger partial charge in [-0.05, 0) is 36.4 Å². The standard InChI is InChI=1S/C25H21N5O4S/c26-11-5-12-29(19-9-10-20-22(16-19)34-15-14-33-20)23(31)17-35-25-28-27-24(21-8-4-13-32-21)30(25)18-6-2-1-3-7-18/h1-4,6-10,13,16H,5,12,14-15,17H2. The summed E-state index contributed by atoms with van der Waals surface area (Å²) in [6, 6.07) is 20.7. The molecule has 0 aliphatic carbocycles. The first kappa shape index (κ1) is 22.6. The van der Waals surface area contributed by atoms with Crippen LogP contribution in [0, 0.1) is 11.3 Å². The molecule has 176 valence electrons. The van der Waals surface area contributed by atoms with E-state index in [1.807, 2.05) is 41.0 Å². The van der Waals surface area contributed by atoms with Gasteiger partial charge in [-0.15, -0.1) is 10.2 Å². The third-order valence-corrected chi connectivity index (χ3v) is 6.21. The SMILES string of the molecule is N#CCCN(C(=O)CSc1nnc(-c2ccco2)n1-c1ccccc1)c1ccc2c(c1)OCCO2.